The van der Waals surface area contributed by atoms with Crippen LogP contribution in [-0.2, 0) is 0 Å². The van der Waals surface area contributed by atoms with Crippen molar-refractivity contribution in [1.82, 2.24) is 4.90 Å². The second-order valence-corrected chi connectivity index (χ2v) is 1.35. The summed E-state index contributed by atoms with van der Waals surface area (Å²) in [5.41, 5.74) is 0. The predicted octanol–water partition coefficient (Wildman–Crippen LogP) is 0.247. The molecule has 0 atom stereocenters. The molecule has 0 fully saturated rings. The quantitative estimate of drug-likeness (QED) is 0.441. The minimum absolute atomic E-state index is 0. The Bertz CT molecular complexity index is 43.3. The third kappa shape index (κ3) is 10.7. The van der Waals surface area contributed by atoms with Crippen molar-refractivity contribution in [2.75, 3.05) is 14.1 Å². The molecule has 0 amide bonds. The Morgan fingerprint density at radius 1 is 1.43 bits per heavy atom. The molecule has 37 valence electrons. The van der Waals surface area contributed by atoms with Gasteiger partial charge >= 0.3 is 18.9 Å². The Labute approximate surface area is 57.6 Å². The molecule has 0 saturated carbocycles. The number of hydrogen-bond donors (Lipinski definition) is 0. The average molecular weight is 92.1 g/mol. The van der Waals surface area contributed by atoms with Crippen molar-refractivity contribution < 1.29 is 0 Å². The number of likely N-dealkylation sites (N-methyl/N-ethyl adjacent to an activating group) is 1. The van der Waals surface area contributed by atoms with E-state index < -0.39 is 0 Å². The molecule has 2 heteroatoms. The van der Waals surface area contributed by atoms with Crippen LogP contribution in [0.4, 0.5) is 0 Å². The normalized spacial score (nSPS) is 7.86. The first-order valence-electron chi connectivity index (χ1n) is 1.89. The van der Waals surface area contributed by atoms with Gasteiger partial charge in [0.1, 0.15) is 0 Å². The summed E-state index contributed by atoms with van der Waals surface area (Å²) >= 11 is 0. The summed E-state index contributed by atoms with van der Waals surface area (Å²) in [7, 11) is 3.92. The SMILES string of the molecule is C=C[CH]N(C)C.[LiH]. The molecule has 7 heavy (non-hydrogen) atoms. The van der Waals surface area contributed by atoms with E-state index in [9.17, 15) is 0 Å². The van der Waals surface area contributed by atoms with Crippen molar-refractivity contribution in [3.8, 4) is 0 Å². The summed E-state index contributed by atoms with van der Waals surface area (Å²) in [5, 5.41) is 0. The first-order chi connectivity index (χ1) is 2.77. The fourth-order valence-electron chi connectivity index (χ4n) is 0.211. The molecular weight excluding hydrogens is 81.0 g/mol. The molecule has 0 rings (SSSR count). The second kappa shape index (κ2) is 6.30. The summed E-state index contributed by atoms with van der Waals surface area (Å²) in [4.78, 5) is 1.94. The van der Waals surface area contributed by atoms with E-state index in [0.29, 0.717) is 0 Å². The Kier molecular flexibility index (Phi) is 9.28. The maximum absolute atomic E-state index is 3.50. The van der Waals surface area contributed by atoms with E-state index in [1.165, 1.54) is 0 Å². The molecule has 0 heterocycles. The first kappa shape index (κ1) is 10.3. The molecule has 0 saturated heterocycles. The summed E-state index contributed by atoms with van der Waals surface area (Å²) in [5.74, 6) is 0. The fraction of sp³-hybridized carbons (Fsp3) is 0.400. The van der Waals surface area contributed by atoms with Crippen molar-refractivity contribution in [1.29, 1.82) is 0 Å². The third-order valence-corrected chi connectivity index (χ3v) is 0.404. The van der Waals surface area contributed by atoms with Gasteiger partial charge in [0, 0.05) is 6.54 Å². The van der Waals surface area contributed by atoms with Crippen LogP contribution in [0.3, 0.4) is 0 Å². The Morgan fingerprint density at radius 2 is 1.86 bits per heavy atom. The zero-order chi connectivity index (χ0) is 4.99. The Hall–Kier alpha value is 0.297. The number of hydrogen-bond acceptors (Lipinski definition) is 1. The van der Waals surface area contributed by atoms with Crippen LogP contribution in [0.5, 0.6) is 0 Å². The van der Waals surface area contributed by atoms with Gasteiger partial charge in [-0.1, -0.05) is 6.08 Å². The maximum atomic E-state index is 3.50. The van der Waals surface area contributed by atoms with Gasteiger partial charge in [-0.05, 0) is 14.1 Å². The van der Waals surface area contributed by atoms with Gasteiger partial charge in [0.15, 0.2) is 0 Å². The Morgan fingerprint density at radius 3 is 1.86 bits per heavy atom. The van der Waals surface area contributed by atoms with E-state index in [1.807, 2.05) is 25.5 Å². The summed E-state index contributed by atoms with van der Waals surface area (Å²) < 4.78 is 0. The summed E-state index contributed by atoms with van der Waals surface area (Å²) in [6.07, 6.45) is 1.75. The van der Waals surface area contributed by atoms with Crippen LogP contribution < -0.4 is 0 Å². The average Bonchev–Trinajstić information content (AvgIpc) is 1.35. The molecule has 0 aliphatic rings. The molecule has 0 aromatic carbocycles. The molecule has 0 aliphatic carbocycles. The van der Waals surface area contributed by atoms with E-state index in [-0.39, 0.29) is 18.9 Å². The molecule has 1 radical (unpaired) electrons. The van der Waals surface area contributed by atoms with Crippen molar-refractivity contribution in [2.45, 2.75) is 0 Å². The van der Waals surface area contributed by atoms with Crippen LogP contribution in [0.15, 0.2) is 12.7 Å². The molecular formula is C5H11LiN. The van der Waals surface area contributed by atoms with E-state index in [4.69, 9.17) is 0 Å². The van der Waals surface area contributed by atoms with Gasteiger partial charge in [-0.25, -0.2) is 0 Å². The first-order valence-corrected chi connectivity index (χ1v) is 1.89. The van der Waals surface area contributed by atoms with Crippen LogP contribution in [0.1, 0.15) is 0 Å². The topological polar surface area (TPSA) is 3.24 Å². The van der Waals surface area contributed by atoms with Gasteiger partial charge in [0.25, 0.3) is 0 Å². The molecule has 0 N–H and O–H groups in total. The van der Waals surface area contributed by atoms with Crippen molar-refractivity contribution in [3.63, 3.8) is 0 Å². The van der Waals surface area contributed by atoms with E-state index in [0.717, 1.165) is 0 Å². The van der Waals surface area contributed by atoms with Gasteiger partial charge in [0.2, 0.25) is 0 Å². The monoisotopic (exact) mass is 92.1 g/mol. The van der Waals surface area contributed by atoms with Crippen LogP contribution in [-0.4, -0.2) is 37.9 Å². The predicted molar refractivity (Wildman–Crippen MR) is 35.3 cm³/mol. The standard InChI is InChI=1S/C5H10N.Li.H/c1-4-5-6(2)3;;/h4-5H,1H2,2-3H3;;. The van der Waals surface area contributed by atoms with Gasteiger partial charge in [-0.3, -0.25) is 0 Å². The molecule has 0 aromatic rings. The summed E-state index contributed by atoms with van der Waals surface area (Å²) in [6, 6.07) is 0. The van der Waals surface area contributed by atoms with Crippen LogP contribution in [0.25, 0.3) is 0 Å². The van der Waals surface area contributed by atoms with E-state index >= 15 is 0 Å². The number of nitrogens with zero attached hydrogens (tertiary/aromatic N) is 1. The Balaban J connectivity index is 0. The molecule has 1 nitrogen and oxygen atoms in total. The zero-order valence-electron chi connectivity index (χ0n) is 4.31. The third-order valence-electron chi connectivity index (χ3n) is 0.404. The molecule has 0 bridgehead atoms. The molecule has 0 aromatic heterocycles. The fourth-order valence-corrected chi connectivity index (χ4v) is 0.211. The van der Waals surface area contributed by atoms with Crippen molar-refractivity contribution in [3.05, 3.63) is 19.2 Å². The molecule has 0 aliphatic heterocycles. The number of rotatable bonds is 2. The van der Waals surface area contributed by atoms with Gasteiger partial charge in [-0.15, -0.1) is 6.58 Å². The second-order valence-electron chi connectivity index (χ2n) is 1.35. The molecule has 0 unspecified atom stereocenters. The molecule has 0 spiro atoms. The minimum atomic E-state index is 0. The van der Waals surface area contributed by atoms with Crippen molar-refractivity contribution in [2.24, 2.45) is 0 Å². The van der Waals surface area contributed by atoms with E-state index in [1.54, 1.807) is 6.08 Å². The van der Waals surface area contributed by atoms with Crippen LogP contribution in [0, 0.1) is 6.54 Å². The van der Waals surface area contributed by atoms with Gasteiger partial charge < -0.3 is 4.90 Å². The van der Waals surface area contributed by atoms with Gasteiger partial charge in [0.05, 0.1) is 0 Å². The van der Waals surface area contributed by atoms with Gasteiger partial charge in [-0.2, -0.15) is 0 Å². The van der Waals surface area contributed by atoms with Crippen LogP contribution >= 0.6 is 0 Å². The van der Waals surface area contributed by atoms with E-state index in [2.05, 4.69) is 6.58 Å². The van der Waals surface area contributed by atoms with Crippen molar-refractivity contribution >= 4 is 18.9 Å². The van der Waals surface area contributed by atoms with Crippen LogP contribution in [0.2, 0.25) is 0 Å². The summed E-state index contributed by atoms with van der Waals surface area (Å²) in [6.45, 7) is 5.39. The zero-order valence-corrected chi connectivity index (χ0v) is 4.31.